The third kappa shape index (κ3) is 3.76. The van der Waals surface area contributed by atoms with Crippen LogP contribution in [0.3, 0.4) is 0 Å². The van der Waals surface area contributed by atoms with E-state index in [4.69, 9.17) is 0 Å². The van der Waals surface area contributed by atoms with E-state index >= 15 is 0 Å². The minimum Gasteiger partial charge on any atom is -0.330 e. The second-order valence-corrected chi connectivity index (χ2v) is 6.41. The van der Waals surface area contributed by atoms with Gasteiger partial charge in [-0.05, 0) is 19.8 Å². The average Bonchev–Trinajstić information content (AvgIpc) is 3.10. The molecule has 1 heterocycles. The smallest absolute Gasteiger partial charge is 0.245 e. The lowest BCUT2D eigenvalue weighted by Gasteiger charge is -2.23. The Balaban J connectivity index is 1.93. The van der Waals surface area contributed by atoms with Crippen LogP contribution in [0.15, 0.2) is 6.20 Å². The molecule has 1 aromatic rings. The van der Waals surface area contributed by atoms with Crippen molar-refractivity contribution in [3.05, 3.63) is 11.1 Å². The molecule has 1 N–H and O–H groups in total. The number of rotatable bonds is 5. The molecule has 2 amide bonds. The lowest BCUT2D eigenvalue weighted by molar-refractivity contribution is -0.138. The van der Waals surface area contributed by atoms with E-state index in [0.29, 0.717) is 5.13 Å². The van der Waals surface area contributed by atoms with Crippen molar-refractivity contribution in [3.8, 4) is 0 Å². The molecule has 0 spiro atoms. The van der Waals surface area contributed by atoms with Gasteiger partial charge >= 0.3 is 0 Å². The Bertz CT molecular complexity index is 480. The van der Waals surface area contributed by atoms with E-state index in [1.807, 2.05) is 20.8 Å². The van der Waals surface area contributed by atoms with Crippen LogP contribution in [0, 0.1) is 12.8 Å². The first-order chi connectivity index (χ1) is 8.97. The van der Waals surface area contributed by atoms with Gasteiger partial charge in [0.1, 0.15) is 6.54 Å². The second kappa shape index (κ2) is 5.69. The van der Waals surface area contributed by atoms with Gasteiger partial charge in [0.2, 0.25) is 11.8 Å². The molecule has 0 bridgehead atoms. The summed E-state index contributed by atoms with van der Waals surface area (Å²) in [6.45, 7) is 5.78. The monoisotopic (exact) mass is 281 g/mol. The predicted molar refractivity (Wildman–Crippen MR) is 75.1 cm³/mol. The lowest BCUT2D eigenvalue weighted by atomic mass is 10.2. The normalized spacial score (nSPS) is 14.5. The van der Waals surface area contributed by atoms with Crippen LogP contribution in [0.1, 0.15) is 31.6 Å². The van der Waals surface area contributed by atoms with Gasteiger partial charge in [-0.15, -0.1) is 11.3 Å². The van der Waals surface area contributed by atoms with Crippen molar-refractivity contribution in [2.75, 3.05) is 11.9 Å². The first-order valence-electron chi connectivity index (χ1n) is 6.50. The zero-order valence-electron chi connectivity index (χ0n) is 11.5. The summed E-state index contributed by atoms with van der Waals surface area (Å²) in [7, 11) is 0. The molecule has 0 saturated heterocycles. The van der Waals surface area contributed by atoms with E-state index in [2.05, 4.69) is 10.3 Å². The molecule has 1 aromatic heterocycles. The number of nitrogens with one attached hydrogen (secondary N) is 1. The van der Waals surface area contributed by atoms with Gasteiger partial charge in [0, 0.05) is 23.0 Å². The molecule has 0 unspecified atom stereocenters. The van der Waals surface area contributed by atoms with Gasteiger partial charge in [-0.25, -0.2) is 4.98 Å². The summed E-state index contributed by atoms with van der Waals surface area (Å²) in [6, 6.07) is 0.249. The van der Waals surface area contributed by atoms with Crippen molar-refractivity contribution < 1.29 is 9.59 Å². The molecule has 104 valence electrons. The SMILES string of the molecule is Cc1cnc(NC(=O)CN(C(=O)C(C)C)C2CC2)s1. The Hall–Kier alpha value is -1.43. The fourth-order valence-corrected chi connectivity index (χ4v) is 2.51. The Morgan fingerprint density at radius 3 is 2.68 bits per heavy atom. The van der Waals surface area contributed by atoms with E-state index in [1.54, 1.807) is 11.1 Å². The number of aryl methyl sites for hydroxylation is 1. The lowest BCUT2D eigenvalue weighted by Crippen LogP contribution is -2.41. The molecule has 2 rings (SSSR count). The fourth-order valence-electron chi connectivity index (χ4n) is 1.83. The summed E-state index contributed by atoms with van der Waals surface area (Å²) < 4.78 is 0. The van der Waals surface area contributed by atoms with Crippen molar-refractivity contribution in [2.45, 2.75) is 39.7 Å². The summed E-state index contributed by atoms with van der Waals surface area (Å²) in [5.74, 6) is -0.196. The quantitative estimate of drug-likeness (QED) is 0.898. The minimum absolute atomic E-state index is 0.0490. The third-order valence-corrected chi connectivity index (χ3v) is 3.77. The second-order valence-electron chi connectivity index (χ2n) is 5.18. The van der Waals surface area contributed by atoms with E-state index in [9.17, 15) is 9.59 Å². The van der Waals surface area contributed by atoms with Crippen molar-refractivity contribution in [1.29, 1.82) is 0 Å². The van der Waals surface area contributed by atoms with Crippen LogP contribution < -0.4 is 5.32 Å². The number of nitrogens with zero attached hydrogens (tertiary/aromatic N) is 2. The third-order valence-electron chi connectivity index (χ3n) is 2.95. The van der Waals surface area contributed by atoms with Gasteiger partial charge in [0.25, 0.3) is 0 Å². The van der Waals surface area contributed by atoms with Gasteiger partial charge in [-0.1, -0.05) is 13.8 Å². The van der Waals surface area contributed by atoms with Crippen LogP contribution in [0.4, 0.5) is 5.13 Å². The van der Waals surface area contributed by atoms with Gasteiger partial charge < -0.3 is 10.2 Å². The summed E-state index contributed by atoms with van der Waals surface area (Å²) >= 11 is 1.44. The van der Waals surface area contributed by atoms with Crippen molar-refractivity contribution in [3.63, 3.8) is 0 Å². The molecule has 1 aliphatic carbocycles. The molecule has 0 atom stereocenters. The van der Waals surface area contributed by atoms with Crippen LogP contribution in [-0.4, -0.2) is 34.3 Å². The number of anilines is 1. The molecule has 0 aromatic carbocycles. The molecular weight excluding hydrogens is 262 g/mol. The van der Waals surface area contributed by atoms with Crippen LogP contribution in [0.5, 0.6) is 0 Å². The van der Waals surface area contributed by atoms with Gasteiger partial charge in [-0.3, -0.25) is 9.59 Å². The van der Waals surface area contributed by atoms with Crippen LogP contribution in [-0.2, 0) is 9.59 Å². The fraction of sp³-hybridized carbons (Fsp3) is 0.615. The highest BCUT2D eigenvalue weighted by Gasteiger charge is 2.34. The zero-order valence-corrected chi connectivity index (χ0v) is 12.3. The Kier molecular flexibility index (Phi) is 4.19. The molecular formula is C13H19N3O2S. The standard InChI is InChI=1S/C13H19N3O2S/c1-8(2)12(18)16(10-4-5-10)7-11(17)15-13-14-6-9(3)19-13/h6,8,10H,4-5,7H2,1-3H3,(H,14,15,17). The molecule has 1 fully saturated rings. The summed E-state index contributed by atoms with van der Waals surface area (Å²) in [4.78, 5) is 30.8. The number of hydrogen-bond donors (Lipinski definition) is 1. The Morgan fingerprint density at radius 2 is 2.21 bits per heavy atom. The maximum atomic E-state index is 12.0. The Labute approximate surface area is 117 Å². The van der Waals surface area contributed by atoms with Crippen LogP contribution in [0.2, 0.25) is 0 Å². The summed E-state index contributed by atoms with van der Waals surface area (Å²) in [5.41, 5.74) is 0. The van der Waals surface area contributed by atoms with Crippen molar-refractivity contribution in [1.82, 2.24) is 9.88 Å². The number of amides is 2. The van der Waals surface area contributed by atoms with Gasteiger partial charge in [-0.2, -0.15) is 0 Å². The largest absolute Gasteiger partial charge is 0.330 e. The predicted octanol–water partition coefficient (Wildman–Crippen LogP) is 2.04. The zero-order chi connectivity index (χ0) is 14.0. The summed E-state index contributed by atoms with van der Waals surface area (Å²) in [5, 5.41) is 3.34. The van der Waals surface area contributed by atoms with Gasteiger partial charge in [0.05, 0.1) is 0 Å². The number of aromatic nitrogens is 1. The number of carbonyl (C=O) groups excluding carboxylic acids is 2. The van der Waals surface area contributed by atoms with E-state index < -0.39 is 0 Å². The minimum atomic E-state index is -0.171. The average molecular weight is 281 g/mol. The van der Waals surface area contributed by atoms with E-state index in [0.717, 1.165) is 17.7 Å². The highest BCUT2D eigenvalue weighted by molar-refractivity contribution is 7.15. The Morgan fingerprint density at radius 1 is 1.53 bits per heavy atom. The molecule has 1 aliphatic rings. The van der Waals surface area contributed by atoms with Crippen molar-refractivity contribution >= 4 is 28.3 Å². The maximum Gasteiger partial charge on any atom is 0.245 e. The number of hydrogen-bond acceptors (Lipinski definition) is 4. The number of carbonyl (C=O) groups is 2. The highest BCUT2D eigenvalue weighted by atomic mass is 32.1. The highest BCUT2D eigenvalue weighted by Crippen LogP contribution is 2.28. The molecule has 5 nitrogen and oxygen atoms in total. The topological polar surface area (TPSA) is 62.3 Å². The van der Waals surface area contributed by atoms with Crippen molar-refractivity contribution in [2.24, 2.45) is 5.92 Å². The van der Waals surface area contributed by atoms with Crippen LogP contribution in [0.25, 0.3) is 0 Å². The van der Waals surface area contributed by atoms with Gasteiger partial charge in [0.15, 0.2) is 5.13 Å². The van der Waals surface area contributed by atoms with Crippen LogP contribution >= 0.6 is 11.3 Å². The molecule has 19 heavy (non-hydrogen) atoms. The first-order valence-corrected chi connectivity index (χ1v) is 7.31. The molecule has 0 radical (unpaired) electrons. The van der Waals surface area contributed by atoms with E-state index in [1.165, 1.54) is 11.3 Å². The van der Waals surface area contributed by atoms with E-state index in [-0.39, 0.29) is 30.3 Å². The first kappa shape index (κ1) is 14.0. The molecule has 1 saturated carbocycles. The molecule has 6 heteroatoms. The maximum absolute atomic E-state index is 12.0. The molecule has 0 aliphatic heterocycles. The number of thiazole rings is 1. The summed E-state index contributed by atoms with van der Waals surface area (Å²) in [6.07, 6.45) is 3.72.